The van der Waals surface area contributed by atoms with Crippen molar-refractivity contribution in [2.24, 2.45) is 0 Å². The van der Waals surface area contributed by atoms with Crippen LogP contribution in [-0.2, 0) is 4.74 Å². The normalized spacial score (nSPS) is 9.47. The smallest absolute Gasteiger partial charge is 0.414 e. The van der Waals surface area contributed by atoms with Crippen molar-refractivity contribution < 1.29 is 19.2 Å². The van der Waals surface area contributed by atoms with Gasteiger partial charge in [-0.05, 0) is 13.0 Å². The quantitative estimate of drug-likeness (QED) is 0.635. The fourth-order valence-corrected chi connectivity index (χ4v) is 1.15. The molecule has 0 saturated carbocycles. The number of hydrogen-bond acceptors (Lipinski definition) is 5. The molecule has 90 valence electrons. The summed E-state index contributed by atoms with van der Waals surface area (Å²) in [5, 5.41) is 12.5. The van der Waals surface area contributed by atoms with E-state index in [1.54, 1.807) is 6.92 Å². The molecule has 1 aromatic rings. The maximum atomic E-state index is 11.5. The number of ether oxygens (including phenoxy) is 1. The topological polar surface area (TPSA) is 98.5 Å². The Balaban J connectivity index is 2.89. The zero-order valence-corrected chi connectivity index (χ0v) is 9.00. The third-order valence-electron chi connectivity index (χ3n) is 1.84. The highest BCUT2D eigenvalue weighted by Gasteiger charge is 2.20. The molecule has 7 heteroatoms. The summed E-state index contributed by atoms with van der Waals surface area (Å²) in [5.74, 6) is -0.865. The fraction of sp³-hybridized carbons (Fsp3) is 0.200. The molecule has 0 atom stereocenters. The van der Waals surface area contributed by atoms with Crippen LogP contribution in [0.2, 0.25) is 0 Å². The molecule has 0 heterocycles. The van der Waals surface area contributed by atoms with Gasteiger partial charge >= 0.3 is 6.09 Å². The van der Waals surface area contributed by atoms with Gasteiger partial charge in [-0.3, -0.25) is 20.2 Å². The number of para-hydroxylation sites is 1. The minimum absolute atomic E-state index is 0.107. The van der Waals surface area contributed by atoms with Crippen molar-refractivity contribution in [3.05, 3.63) is 39.9 Å². The summed E-state index contributed by atoms with van der Waals surface area (Å²) in [6.07, 6.45) is -0.935. The molecule has 7 nitrogen and oxygen atoms in total. The van der Waals surface area contributed by atoms with Gasteiger partial charge in [0.2, 0.25) is 0 Å². The van der Waals surface area contributed by atoms with Crippen molar-refractivity contribution in [2.45, 2.75) is 6.92 Å². The van der Waals surface area contributed by atoms with E-state index in [9.17, 15) is 19.7 Å². The monoisotopic (exact) mass is 238 g/mol. The number of hydrogen-bond donors (Lipinski definition) is 1. The Morgan fingerprint density at radius 1 is 1.41 bits per heavy atom. The van der Waals surface area contributed by atoms with Crippen LogP contribution in [0.4, 0.5) is 10.5 Å². The van der Waals surface area contributed by atoms with Crippen molar-refractivity contribution in [3.8, 4) is 0 Å². The largest absolute Gasteiger partial charge is 0.450 e. The molecule has 1 N–H and O–H groups in total. The zero-order chi connectivity index (χ0) is 12.8. The first-order valence-corrected chi connectivity index (χ1v) is 4.77. The average Bonchev–Trinajstić information content (AvgIpc) is 2.29. The van der Waals surface area contributed by atoms with E-state index in [0.29, 0.717) is 0 Å². The maximum absolute atomic E-state index is 11.5. The molecular formula is C10H10N2O5. The number of nitrogens with one attached hydrogen (secondary N) is 1. The van der Waals surface area contributed by atoms with Gasteiger partial charge in [0.25, 0.3) is 11.6 Å². The minimum atomic E-state index is -0.935. The van der Waals surface area contributed by atoms with Crippen LogP contribution >= 0.6 is 0 Å². The molecule has 0 radical (unpaired) electrons. The van der Waals surface area contributed by atoms with Gasteiger partial charge in [-0.1, -0.05) is 12.1 Å². The highest BCUT2D eigenvalue weighted by Crippen LogP contribution is 2.17. The van der Waals surface area contributed by atoms with Crippen molar-refractivity contribution >= 4 is 17.7 Å². The summed E-state index contributed by atoms with van der Waals surface area (Å²) in [4.78, 5) is 32.5. The lowest BCUT2D eigenvalue weighted by molar-refractivity contribution is -0.385. The van der Waals surface area contributed by atoms with Crippen molar-refractivity contribution in [3.63, 3.8) is 0 Å². The number of imide groups is 1. The highest BCUT2D eigenvalue weighted by molar-refractivity contribution is 6.05. The van der Waals surface area contributed by atoms with Gasteiger partial charge in [0, 0.05) is 6.07 Å². The van der Waals surface area contributed by atoms with E-state index in [4.69, 9.17) is 0 Å². The Morgan fingerprint density at radius 2 is 2.06 bits per heavy atom. The highest BCUT2D eigenvalue weighted by atomic mass is 16.6. The lowest BCUT2D eigenvalue weighted by atomic mass is 10.1. The average molecular weight is 238 g/mol. The van der Waals surface area contributed by atoms with E-state index in [0.717, 1.165) is 0 Å². The number of nitro groups is 1. The fourth-order valence-electron chi connectivity index (χ4n) is 1.15. The Kier molecular flexibility index (Phi) is 4.15. The SMILES string of the molecule is CCOC(=O)NC(=O)c1ccccc1[N+](=O)[O-]. The molecule has 0 aromatic heterocycles. The number of carbonyl (C=O) groups excluding carboxylic acids is 2. The Bertz CT molecular complexity index is 458. The van der Waals surface area contributed by atoms with Crippen molar-refractivity contribution in [1.82, 2.24) is 5.32 Å². The van der Waals surface area contributed by atoms with Gasteiger partial charge in [-0.25, -0.2) is 4.79 Å². The molecule has 0 bridgehead atoms. The molecule has 1 aromatic carbocycles. The summed E-state index contributed by atoms with van der Waals surface area (Å²) >= 11 is 0. The lowest BCUT2D eigenvalue weighted by Gasteiger charge is -2.04. The predicted octanol–water partition coefficient (Wildman–Crippen LogP) is 1.48. The van der Waals surface area contributed by atoms with E-state index in [2.05, 4.69) is 4.74 Å². The molecule has 0 fully saturated rings. The second-order valence-electron chi connectivity index (χ2n) is 2.95. The van der Waals surface area contributed by atoms with Gasteiger partial charge in [0.1, 0.15) is 5.56 Å². The molecular weight excluding hydrogens is 228 g/mol. The number of rotatable bonds is 3. The number of alkyl carbamates (subject to hydrolysis) is 1. The van der Waals surface area contributed by atoms with Crippen LogP contribution in [0.1, 0.15) is 17.3 Å². The van der Waals surface area contributed by atoms with Crippen molar-refractivity contribution in [1.29, 1.82) is 0 Å². The summed E-state index contributed by atoms with van der Waals surface area (Å²) in [6, 6.07) is 5.33. The Morgan fingerprint density at radius 3 is 2.65 bits per heavy atom. The van der Waals surface area contributed by atoms with Crippen LogP contribution < -0.4 is 5.32 Å². The first kappa shape index (κ1) is 12.6. The van der Waals surface area contributed by atoms with E-state index in [1.807, 2.05) is 5.32 Å². The molecule has 0 aliphatic heterocycles. The lowest BCUT2D eigenvalue weighted by Crippen LogP contribution is -2.31. The minimum Gasteiger partial charge on any atom is -0.450 e. The van der Waals surface area contributed by atoms with Gasteiger partial charge in [-0.2, -0.15) is 0 Å². The van der Waals surface area contributed by atoms with Crippen LogP contribution in [0.25, 0.3) is 0 Å². The number of nitro benzene ring substituents is 1. The Labute approximate surface area is 96.5 Å². The van der Waals surface area contributed by atoms with Crippen molar-refractivity contribution in [2.75, 3.05) is 6.61 Å². The summed E-state index contributed by atoms with van der Waals surface area (Å²) < 4.78 is 4.49. The first-order chi connectivity index (χ1) is 8.06. The Hall–Kier alpha value is -2.44. The third kappa shape index (κ3) is 3.26. The van der Waals surface area contributed by atoms with Crippen LogP contribution in [0.15, 0.2) is 24.3 Å². The molecule has 2 amide bonds. The van der Waals surface area contributed by atoms with Crippen LogP contribution in [0.5, 0.6) is 0 Å². The number of amides is 2. The summed E-state index contributed by atoms with van der Waals surface area (Å²) in [6.45, 7) is 1.69. The van der Waals surface area contributed by atoms with Crippen LogP contribution in [0, 0.1) is 10.1 Å². The van der Waals surface area contributed by atoms with Gasteiger partial charge in [-0.15, -0.1) is 0 Å². The summed E-state index contributed by atoms with van der Waals surface area (Å²) in [7, 11) is 0. The molecule has 0 aliphatic rings. The van der Waals surface area contributed by atoms with E-state index in [-0.39, 0.29) is 17.9 Å². The van der Waals surface area contributed by atoms with E-state index < -0.39 is 16.9 Å². The predicted molar refractivity (Wildman–Crippen MR) is 57.6 cm³/mol. The molecule has 0 spiro atoms. The number of benzene rings is 1. The van der Waals surface area contributed by atoms with Crippen LogP contribution in [0.3, 0.4) is 0 Å². The molecule has 17 heavy (non-hydrogen) atoms. The standard InChI is InChI=1S/C10H10N2O5/c1-2-17-10(14)11-9(13)7-5-3-4-6-8(7)12(15)16/h3-6H,2H2,1H3,(H,11,13,14). The van der Waals surface area contributed by atoms with Crippen LogP contribution in [-0.4, -0.2) is 23.5 Å². The third-order valence-corrected chi connectivity index (χ3v) is 1.84. The second kappa shape index (κ2) is 5.59. The van der Waals surface area contributed by atoms with Gasteiger partial charge in [0.05, 0.1) is 11.5 Å². The number of carbonyl (C=O) groups is 2. The molecule has 0 saturated heterocycles. The molecule has 1 rings (SSSR count). The maximum Gasteiger partial charge on any atom is 0.414 e. The summed E-state index contributed by atoms with van der Waals surface area (Å²) in [5.41, 5.74) is -0.556. The van der Waals surface area contributed by atoms with E-state index >= 15 is 0 Å². The second-order valence-corrected chi connectivity index (χ2v) is 2.95. The zero-order valence-electron chi connectivity index (χ0n) is 9.00. The van der Waals surface area contributed by atoms with Gasteiger partial charge < -0.3 is 4.74 Å². The first-order valence-electron chi connectivity index (χ1n) is 4.77. The van der Waals surface area contributed by atoms with Gasteiger partial charge in [0.15, 0.2) is 0 Å². The van der Waals surface area contributed by atoms with E-state index in [1.165, 1.54) is 24.3 Å². The molecule has 0 aliphatic carbocycles. The molecule has 0 unspecified atom stereocenters. The number of nitrogens with zero attached hydrogens (tertiary/aromatic N) is 1.